The van der Waals surface area contributed by atoms with Crippen molar-refractivity contribution in [3.8, 4) is 0 Å². The molecular formula is C10H18N2O2. The van der Waals surface area contributed by atoms with E-state index < -0.39 is 0 Å². The lowest BCUT2D eigenvalue weighted by atomic mass is 10.1. The molecule has 0 saturated carbocycles. The van der Waals surface area contributed by atoms with Crippen LogP contribution in [0.1, 0.15) is 31.4 Å². The van der Waals surface area contributed by atoms with Gasteiger partial charge in [0, 0.05) is 24.8 Å². The highest BCUT2D eigenvalue weighted by Gasteiger charge is 2.09. The highest BCUT2D eigenvalue weighted by atomic mass is 16.5. The van der Waals surface area contributed by atoms with Gasteiger partial charge in [0.15, 0.2) is 0 Å². The van der Waals surface area contributed by atoms with E-state index in [2.05, 4.69) is 5.43 Å². The summed E-state index contributed by atoms with van der Waals surface area (Å²) in [5, 5.41) is 0. The molecule has 0 saturated heterocycles. The van der Waals surface area contributed by atoms with Crippen LogP contribution in [0.25, 0.3) is 0 Å². The number of hydrogen-bond acceptors (Lipinski definition) is 4. The third-order valence-electron chi connectivity index (χ3n) is 2.13. The first kappa shape index (κ1) is 11.2. The molecule has 1 rings (SSSR count). The Balaban J connectivity index is 2.26. The largest absolute Gasteiger partial charge is 0.472 e. The maximum atomic E-state index is 5.45. The molecule has 0 radical (unpaired) electrons. The lowest BCUT2D eigenvalue weighted by Gasteiger charge is -2.13. The number of hydrazine groups is 1. The van der Waals surface area contributed by atoms with E-state index in [0.29, 0.717) is 0 Å². The molecule has 0 aliphatic rings. The third kappa shape index (κ3) is 3.49. The molecule has 3 N–H and O–H groups in total. The number of furan rings is 1. The first-order valence-electron chi connectivity index (χ1n) is 4.94. The number of nitrogens with two attached hydrogens (primary N) is 1. The van der Waals surface area contributed by atoms with Crippen molar-refractivity contribution < 1.29 is 9.15 Å². The van der Waals surface area contributed by atoms with Gasteiger partial charge in [0.25, 0.3) is 0 Å². The maximum absolute atomic E-state index is 5.45. The van der Waals surface area contributed by atoms with E-state index in [1.54, 1.807) is 12.5 Å². The fourth-order valence-electron chi connectivity index (χ4n) is 1.35. The van der Waals surface area contributed by atoms with E-state index in [0.717, 1.165) is 31.6 Å². The lowest BCUT2D eigenvalue weighted by Crippen LogP contribution is -2.27. The maximum Gasteiger partial charge on any atom is 0.0950 e. The highest BCUT2D eigenvalue weighted by Crippen LogP contribution is 2.17. The third-order valence-corrected chi connectivity index (χ3v) is 2.13. The highest BCUT2D eigenvalue weighted by molar-refractivity contribution is 5.10. The van der Waals surface area contributed by atoms with E-state index in [-0.39, 0.29) is 6.04 Å². The van der Waals surface area contributed by atoms with Crippen molar-refractivity contribution in [1.29, 1.82) is 0 Å². The van der Waals surface area contributed by atoms with E-state index in [1.807, 2.05) is 13.0 Å². The Morgan fingerprint density at radius 1 is 1.64 bits per heavy atom. The van der Waals surface area contributed by atoms with Gasteiger partial charge >= 0.3 is 0 Å². The molecule has 4 nitrogen and oxygen atoms in total. The SMILES string of the molecule is CCOCCCC(NN)c1ccoc1. The summed E-state index contributed by atoms with van der Waals surface area (Å²) in [5.41, 5.74) is 3.85. The second-order valence-electron chi connectivity index (χ2n) is 3.12. The van der Waals surface area contributed by atoms with E-state index in [1.165, 1.54) is 0 Å². The van der Waals surface area contributed by atoms with Gasteiger partial charge in [0.05, 0.1) is 12.5 Å². The molecule has 0 aromatic carbocycles. The summed E-state index contributed by atoms with van der Waals surface area (Å²) in [5.74, 6) is 5.45. The Bertz CT molecular complexity index is 224. The van der Waals surface area contributed by atoms with E-state index >= 15 is 0 Å². The first-order chi connectivity index (χ1) is 6.88. The Morgan fingerprint density at radius 2 is 2.50 bits per heavy atom. The number of rotatable bonds is 7. The zero-order valence-corrected chi connectivity index (χ0v) is 8.53. The summed E-state index contributed by atoms with van der Waals surface area (Å²) < 4.78 is 10.3. The van der Waals surface area contributed by atoms with Crippen LogP contribution in [0.3, 0.4) is 0 Å². The topological polar surface area (TPSA) is 60.4 Å². The minimum absolute atomic E-state index is 0.161. The standard InChI is InChI=1S/C10H18N2O2/c1-2-13-6-3-4-10(12-11)9-5-7-14-8-9/h5,7-8,10,12H,2-4,6,11H2,1H3. The van der Waals surface area contributed by atoms with Crippen molar-refractivity contribution in [3.63, 3.8) is 0 Å². The van der Waals surface area contributed by atoms with Crippen LogP contribution >= 0.6 is 0 Å². The smallest absolute Gasteiger partial charge is 0.0950 e. The summed E-state index contributed by atoms with van der Waals surface area (Å²) in [6.45, 7) is 3.55. The molecule has 4 heteroatoms. The quantitative estimate of drug-likeness (QED) is 0.397. The predicted molar refractivity (Wildman–Crippen MR) is 54.5 cm³/mol. The van der Waals surface area contributed by atoms with E-state index in [4.69, 9.17) is 15.0 Å². The second-order valence-corrected chi connectivity index (χ2v) is 3.12. The van der Waals surface area contributed by atoms with Crippen LogP contribution in [0.4, 0.5) is 0 Å². The van der Waals surface area contributed by atoms with Crippen LogP contribution in [-0.4, -0.2) is 13.2 Å². The first-order valence-corrected chi connectivity index (χ1v) is 4.94. The Kier molecular flexibility index (Phi) is 5.29. The van der Waals surface area contributed by atoms with Crippen LogP contribution in [-0.2, 0) is 4.74 Å². The molecular weight excluding hydrogens is 180 g/mol. The molecule has 1 aromatic heterocycles. The van der Waals surface area contributed by atoms with Gasteiger partial charge in [-0.15, -0.1) is 0 Å². The Labute approximate surface area is 84.4 Å². The van der Waals surface area contributed by atoms with Crippen LogP contribution in [0.5, 0.6) is 0 Å². The van der Waals surface area contributed by atoms with Crippen molar-refractivity contribution in [2.75, 3.05) is 13.2 Å². The fourth-order valence-corrected chi connectivity index (χ4v) is 1.35. The average Bonchev–Trinajstić information content (AvgIpc) is 2.71. The molecule has 1 unspecified atom stereocenters. The van der Waals surface area contributed by atoms with Crippen LogP contribution < -0.4 is 11.3 Å². The van der Waals surface area contributed by atoms with Gasteiger partial charge in [-0.05, 0) is 25.8 Å². The van der Waals surface area contributed by atoms with Crippen molar-refractivity contribution >= 4 is 0 Å². The average molecular weight is 198 g/mol. The minimum Gasteiger partial charge on any atom is -0.472 e. The van der Waals surface area contributed by atoms with E-state index in [9.17, 15) is 0 Å². The number of nitrogens with one attached hydrogen (secondary N) is 1. The fraction of sp³-hybridized carbons (Fsp3) is 0.600. The predicted octanol–water partition coefficient (Wildman–Crippen LogP) is 1.60. The van der Waals surface area contributed by atoms with Crippen molar-refractivity contribution in [3.05, 3.63) is 24.2 Å². The number of hydrogen-bond donors (Lipinski definition) is 2. The summed E-state index contributed by atoms with van der Waals surface area (Å²) in [4.78, 5) is 0. The van der Waals surface area contributed by atoms with Gasteiger partial charge in [0.1, 0.15) is 0 Å². The molecule has 1 heterocycles. The summed E-state index contributed by atoms with van der Waals surface area (Å²) in [6, 6.07) is 2.08. The molecule has 0 amide bonds. The zero-order valence-electron chi connectivity index (χ0n) is 8.53. The molecule has 0 aliphatic heterocycles. The van der Waals surface area contributed by atoms with Gasteiger partial charge in [-0.2, -0.15) is 0 Å². The molecule has 0 fully saturated rings. The summed E-state index contributed by atoms with van der Waals surface area (Å²) >= 11 is 0. The zero-order chi connectivity index (χ0) is 10.2. The summed E-state index contributed by atoms with van der Waals surface area (Å²) in [7, 11) is 0. The molecule has 0 aliphatic carbocycles. The Hall–Kier alpha value is -0.840. The van der Waals surface area contributed by atoms with Crippen molar-refractivity contribution in [1.82, 2.24) is 5.43 Å². The van der Waals surface area contributed by atoms with Crippen molar-refractivity contribution in [2.45, 2.75) is 25.8 Å². The van der Waals surface area contributed by atoms with Crippen LogP contribution in [0.15, 0.2) is 23.0 Å². The Morgan fingerprint density at radius 3 is 3.07 bits per heavy atom. The molecule has 1 atom stereocenters. The van der Waals surface area contributed by atoms with Crippen LogP contribution in [0, 0.1) is 0 Å². The van der Waals surface area contributed by atoms with Gasteiger partial charge < -0.3 is 9.15 Å². The van der Waals surface area contributed by atoms with Crippen LogP contribution in [0.2, 0.25) is 0 Å². The molecule has 0 bridgehead atoms. The minimum atomic E-state index is 0.161. The molecule has 0 spiro atoms. The van der Waals surface area contributed by atoms with Gasteiger partial charge in [-0.25, -0.2) is 0 Å². The summed E-state index contributed by atoms with van der Waals surface area (Å²) in [6.07, 6.45) is 5.32. The lowest BCUT2D eigenvalue weighted by molar-refractivity contribution is 0.141. The molecule has 80 valence electrons. The number of ether oxygens (including phenoxy) is 1. The monoisotopic (exact) mass is 198 g/mol. The van der Waals surface area contributed by atoms with Crippen molar-refractivity contribution in [2.24, 2.45) is 5.84 Å². The normalized spacial score (nSPS) is 13.0. The van der Waals surface area contributed by atoms with Gasteiger partial charge in [0.2, 0.25) is 0 Å². The molecule has 1 aromatic rings. The van der Waals surface area contributed by atoms with Gasteiger partial charge in [-0.3, -0.25) is 11.3 Å². The second kappa shape index (κ2) is 6.59. The molecule has 14 heavy (non-hydrogen) atoms. The van der Waals surface area contributed by atoms with Gasteiger partial charge in [-0.1, -0.05) is 0 Å².